The molecule has 54 heavy (non-hydrogen) atoms. The maximum absolute atomic E-state index is 13.6. The second-order valence-electron chi connectivity index (χ2n) is 13.3. The topological polar surface area (TPSA) is 101 Å². The van der Waals surface area contributed by atoms with Crippen molar-refractivity contribution < 1.29 is 28.0 Å². The maximum atomic E-state index is 13.6. The molecule has 2 aromatic heterocycles. The molecule has 0 radical (unpaired) electrons. The van der Waals surface area contributed by atoms with Crippen molar-refractivity contribution in [2.45, 2.75) is 52.6 Å². The first-order chi connectivity index (χ1) is 26.0. The van der Waals surface area contributed by atoms with Crippen LogP contribution in [0.5, 0.6) is 0 Å². The van der Waals surface area contributed by atoms with Gasteiger partial charge in [0.25, 0.3) is 23.6 Å². The number of aromatic nitrogens is 2. The number of carbonyl (C=O) groups excluding carboxylic acids is 4. The third-order valence-corrected chi connectivity index (χ3v) is 9.87. The summed E-state index contributed by atoms with van der Waals surface area (Å²) >= 11 is 0. The summed E-state index contributed by atoms with van der Waals surface area (Å²) < 4.78 is 27.1. The number of halogens is 2. The zero-order valence-corrected chi connectivity index (χ0v) is 30.1. The van der Waals surface area contributed by atoms with E-state index in [9.17, 15) is 28.0 Å². The minimum atomic E-state index is -0.509. The van der Waals surface area contributed by atoms with Gasteiger partial charge in [0.2, 0.25) is 0 Å². The Hall–Kier alpha value is -6.42. The van der Waals surface area contributed by atoms with E-state index in [2.05, 4.69) is 9.97 Å². The predicted octanol–water partition coefficient (Wildman–Crippen LogP) is 9.45. The number of carbonyl (C=O) groups is 4. The van der Waals surface area contributed by atoms with Gasteiger partial charge in [-0.1, -0.05) is 43.7 Å². The average molecular weight is 723 g/mol. The van der Waals surface area contributed by atoms with E-state index in [1.807, 2.05) is 39.0 Å². The summed E-state index contributed by atoms with van der Waals surface area (Å²) in [6, 6.07) is 25.4. The number of rotatable bonds is 7. The molecule has 0 N–H and O–H groups in total. The molecule has 4 aromatic carbocycles. The van der Waals surface area contributed by atoms with Crippen LogP contribution < -0.4 is 0 Å². The largest absolute Gasteiger partial charge is 0.269 e. The van der Waals surface area contributed by atoms with Gasteiger partial charge in [0.15, 0.2) is 0 Å². The number of nitrogens with zero attached hydrogens (tertiary/aromatic N) is 4. The van der Waals surface area contributed by atoms with Crippen LogP contribution >= 0.6 is 0 Å². The maximum Gasteiger partial charge on any atom is 0.262 e. The van der Waals surface area contributed by atoms with Gasteiger partial charge in [0.1, 0.15) is 11.6 Å². The number of amides is 4. The van der Waals surface area contributed by atoms with Gasteiger partial charge in [-0.3, -0.25) is 34.0 Å². The van der Waals surface area contributed by atoms with Crippen LogP contribution in [0.15, 0.2) is 103 Å². The Labute approximate surface area is 310 Å². The summed E-state index contributed by atoms with van der Waals surface area (Å²) in [5, 5.41) is 1.54. The average Bonchev–Trinajstić information content (AvgIpc) is 3.58. The summed E-state index contributed by atoms with van der Waals surface area (Å²) in [4.78, 5) is 63.0. The number of imide groups is 2. The van der Waals surface area contributed by atoms with Crippen molar-refractivity contribution in [2.75, 3.05) is 0 Å². The van der Waals surface area contributed by atoms with Crippen LogP contribution in [0.3, 0.4) is 0 Å². The molecule has 4 heterocycles. The molecule has 8 rings (SSSR count). The Morgan fingerprint density at radius 3 is 1.48 bits per heavy atom. The second kappa shape index (κ2) is 14.5. The molecule has 0 unspecified atom stereocenters. The van der Waals surface area contributed by atoms with E-state index in [0.717, 1.165) is 34.0 Å². The first kappa shape index (κ1) is 36.0. The molecule has 6 aromatic rings. The van der Waals surface area contributed by atoms with Crippen LogP contribution in [0.25, 0.3) is 27.9 Å². The van der Waals surface area contributed by atoms with Gasteiger partial charge in [-0.2, -0.15) is 0 Å². The lowest BCUT2D eigenvalue weighted by Crippen LogP contribution is -2.33. The first-order valence-corrected chi connectivity index (χ1v) is 17.8. The molecule has 0 saturated heterocycles. The number of aryl methyl sites for hydroxylation is 1. The Morgan fingerprint density at radius 2 is 1.04 bits per heavy atom. The predicted molar refractivity (Wildman–Crippen MR) is 203 cm³/mol. The van der Waals surface area contributed by atoms with Gasteiger partial charge in [0.05, 0.1) is 51.1 Å². The van der Waals surface area contributed by atoms with E-state index in [-0.39, 0.29) is 35.3 Å². The van der Waals surface area contributed by atoms with Gasteiger partial charge >= 0.3 is 0 Å². The van der Waals surface area contributed by atoms with Crippen molar-refractivity contribution in [3.8, 4) is 0 Å². The zero-order chi connectivity index (χ0) is 38.3. The number of hydrogen-bond acceptors (Lipinski definition) is 6. The highest BCUT2D eigenvalue weighted by molar-refractivity contribution is 6.22. The molecule has 2 aliphatic heterocycles. The van der Waals surface area contributed by atoms with Crippen molar-refractivity contribution in [1.29, 1.82) is 0 Å². The lowest BCUT2D eigenvalue weighted by atomic mass is 9.99. The molecule has 0 fully saturated rings. The molecular weight excluding hydrogens is 687 g/mol. The molecule has 8 nitrogen and oxygen atoms in total. The SMILES string of the molecule is C/C=C/c1nc2cc(F)ccc2cc1[C@H](C)N1C(=O)c2ccccc2C1=O.CCCc1nc2cc(F)ccc2cc1[C@H](C)N1C(=O)c2ccccc2C1=O. The molecule has 10 heteroatoms. The van der Waals surface area contributed by atoms with E-state index >= 15 is 0 Å². The summed E-state index contributed by atoms with van der Waals surface area (Å²) in [5.74, 6) is -1.89. The molecular formula is C44H36F2N4O4. The molecule has 0 aliphatic carbocycles. The highest BCUT2D eigenvalue weighted by atomic mass is 19.1. The molecule has 0 saturated carbocycles. The fraction of sp³-hybridized carbons (Fsp3) is 0.182. The minimum Gasteiger partial charge on any atom is -0.269 e. The van der Waals surface area contributed by atoms with Crippen molar-refractivity contribution >= 4 is 51.5 Å². The highest BCUT2D eigenvalue weighted by Crippen LogP contribution is 2.35. The van der Waals surface area contributed by atoms with E-state index in [1.54, 1.807) is 73.7 Å². The van der Waals surface area contributed by atoms with Gasteiger partial charge in [-0.25, -0.2) is 13.8 Å². The molecule has 0 spiro atoms. The summed E-state index contributed by atoms with van der Waals surface area (Å²) in [5.41, 5.74) is 5.77. The summed E-state index contributed by atoms with van der Waals surface area (Å²) in [7, 11) is 0. The van der Waals surface area contributed by atoms with E-state index in [1.165, 1.54) is 34.1 Å². The van der Waals surface area contributed by atoms with Crippen molar-refractivity contribution in [1.82, 2.24) is 19.8 Å². The Kier molecular flexibility index (Phi) is 9.68. The fourth-order valence-electron chi connectivity index (χ4n) is 7.19. The summed E-state index contributed by atoms with van der Waals surface area (Å²) in [6.07, 6.45) is 5.17. The number of hydrogen-bond donors (Lipinski definition) is 0. The number of benzene rings is 4. The first-order valence-electron chi connectivity index (χ1n) is 17.8. The standard InChI is InChI=1S/C22H19FN2O2.C22H17FN2O2/c2*1-3-6-19-18(11-14-9-10-15(23)12-20(14)24-19)13(2)25-21(26)16-7-4-5-8-17(16)22(25)27/h4-5,7-13H,3,6H2,1-2H3;3-13H,1-2H3/b;6-3+/t2*13-/m00/s1. The molecule has 2 aliphatic rings. The fourth-order valence-corrected chi connectivity index (χ4v) is 7.19. The molecule has 270 valence electrons. The minimum absolute atomic E-state index is 0.287. The van der Waals surface area contributed by atoms with Crippen LogP contribution in [0, 0.1) is 11.6 Å². The zero-order valence-electron chi connectivity index (χ0n) is 30.1. The van der Waals surface area contributed by atoms with E-state index in [0.29, 0.717) is 45.4 Å². The molecule has 4 amide bonds. The normalized spacial score (nSPS) is 14.9. The third-order valence-electron chi connectivity index (χ3n) is 9.87. The highest BCUT2D eigenvalue weighted by Gasteiger charge is 2.40. The Balaban J connectivity index is 0.000000167. The van der Waals surface area contributed by atoms with Gasteiger partial charge in [-0.15, -0.1) is 0 Å². The summed E-state index contributed by atoms with van der Waals surface area (Å²) in [6.45, 7) is 7.54. The second-order valence-corrected chi connectivity index (χ2v) is 13.3. The molecule has 2 atom stereocenters. The van der Waals surface area contributed by atoms with E-state index in [4.69, 9.17) is 0 Å². The third kappa shape index (κ3) is 6.33. The monoisotopic (exact) mass is 722 g/mol. The lowest BCUT2D eigenvalue weighted by molar-refractivity contribution is 0.0579. The number of pyridine rings is 2. The van der Waals surface area contributed by atoms with Crippen LogP contribution in [-0.2, 0) is 6.42 Å². The van der Waals surface area contributed by atoms with Crippen LogP contribution in [0.2, 0.25) is 0 Å². The number of fused-ring (bicyclic) bond motifs is 4. The quantitative estimate of drug-likeness (QED) is 0.152. The van der Waals surface area contributed by atoms with Gasteiger partial charge < -0.3 is 0 Å². The number of allylic oxidation sites excluding steroid dienone is 1. The van der Waals surface area contributed by atoms with Crippen LogP contribution in [0.1, 0.15) is 110 Å². The Bertz CT molecular complexity index is 2480. The van der Waals surface area contributed by atoms with Crippen molar-refractivity contribution in [2.24, 2.45) is 0 Å². The van der Waals surface area contributed by atoms with Crippen LogP contribution in [0.4, 0.5) is 8.78 Å². The van der Waals surface area contributed by atoms with Crippen molar-refractivity contribution in [3.05, 3.63) is 160 Å². The molecule has 0 bridgehead atoms. The van der Waals surface area contributed by atoms with Crippen molar-refractivity contribution in [3.63, 3.8) is 0 Å². The Morgan fingerprint density at radius 1 is 0.611 bits per heavy atom. The van der Waals surface area contributed by atoms with Gasteiger partial charge in [-0.05, 0) is 99.5 Å². The van der Waals surface area contributed by atoms with Crippen LogP contribution in [-0.4, -0.2) is 43.4 Å². The smallest absolute Gasteiger partial charge is 0.262 e. The lowest BCUT2D eigenvalue weighted by Gasteiger charge is -2.25. The van der Waals surface area contributed by atoms with E-state index < -0.39 is 12.1 Å². The van der Waals surface area contributed by atoms with Gasteiger partial charge in [0, 0.05) is 34.2 Å².